The predicted octanol–water partition coefficient (Wildman–Crippen LogP) is 1.79. The molecule has 0 radical (unpaired) electrons. The van der Waals surface area contributed by atoms with E-state index in [-0.39, 0.29) is 11.5 Å². The first-order chi connectivity index (χ1) is 9.81. The van der Waals surface area contributed by atoms with Gasteiger partial charge in [0.1, 0.15) is 0 Å². The van der Waals surface area contributed by atoms with E-state index < -0.39 is 15.4 Å². The molecule has 0 spiro atoms. The molecule has 1 atom stereocenters. The minimum Gasteiger partial charge on any atom is -0.310 e. The predicted molar refractivity (Wildman–Crippen MR) is 83.1 cm³/mol. The molecule has 21 heavy (non-hydrogen) atoms. The summed E-state index contributed by atoms with van der Waals surface area (Å²) in [6, 6.07) is 0.663. The molecular formula is C15H25N3O2S. The Bertz CT molecular complexity index is 631. The van der Waals surface area contributed by atoms with Gasteiger partial charge in [0.25, 0.3) is 0 Å². The summed E-state index contributed by atoms with van der Waals surface area (Å²) in [4.78, 5) is 0. The molecule has 0 amide bonds. The number of nitrogens with one attached hydrogen (secondary N) is 1. The number of aromatic nitrogens is 2. The van der Waals surface area contributed by atoms with Crippen molar-refractivity contribution in [2.45, 2.75) is 64.1 Å². The van der Waals surface area contributed by atoms with Gasteiger partial charge in [0, 0.05) is 23.8 Å². The summed E-state index contributed by atoms with van der Waals surface area (Å²) in [5, 5.41) is 8.10. The highest BCUT2D eigenvalue weighted by atomic mass is 32.2. The van der Waals surface area contributed by atoms with E-state index in [1.54, 1.807) is 0 Å². The zero-order valence-corrected chi connectivity index (χ0v) is 13.9. The molecule has 1 aromatic rings. The molecule has 2 aliphatic rings. The van der Waals surface area contributed by atoms with Gasteiger partial charge in [0.05, 0.1) is 23.2 Å². The molecular weight excluding hydrogens is 286 g/mol. The second-order valence-electron chi connectivity index (χ2n) is 7.12. The Hall–Kier alpha value is -0.880. The van der Waals surface area contributed by atoms with E-state index in [0.717, 1.165) is 6.54 Å². The Morgan fingerprint density at radius 3 is 2.71 bits per heavy atom. The van der Waals surface area contributed by atoms with Gasteiger partial charge in [-0.25, -0.2) is 8.42 Å². The molecule has 1 aliphatic carbocycles. The summed E-state index contributed by atoms with van der Waals surface area (Å²) in [5.74, 6) is 0.816. The monoisotopic (exact) mass is 311 g/mol. The summed E-state index contributed by atoms with van der Waals surface area (Å²) in [7, 11) is -2.93. The molecule has 6 heteroatoms. The van der Waals surface area contributed by atoms with Crippen LogP contribution in [0.15, 0.2) is 6.20 Å². The Morgan fingerprint density at radius 1 is 1.48 bits per heavy atom. The van der Waals surface area contributed by atoms with Crippen molar-refractivity contribution in [2.75, 3.05) is 11.5 Å². The fourth-order valence-corrected chi connectivity index (χ4v) is 5.39. The van der Waals surface area contributed by atoms with E-state index in [2.05, 4.69) is 24.3 Å². The van der Waals surface area contributed by atoms with Crippen LogP contribution in [-0.4, -0.2) is 35.7 Å². The highest BCUT2D eigenvalue weighted by Gasteiger charge is 2.42. The average molecular weight is 311 g/mol. The summed E-state index contributed by atoms with van der Waals surface area (Å²) < 4.78 is 25.7. The maximum Gasteiger partial charge on any atom is 0.152 e. The fourth-order valence-electron chi connectivity index (χ4n) is 3.28. The van der Waals surface area contributed by atoms with Crippen LogP contribution in [0.4, 0.5) is 0 Å². The van der Waals surface area contributed by atoms with E-state index in [9.17, 15) is 8.42 Å². The van der Waals surface area contributed by atoms with Crippen LogP contribution >= 0.6 is 0 Å². The van der Waals surface area contributed by atoms with Gasteiger partial charge < -0.3 is 5.32 Å². The van der Waals surface area contributed by atoms with Gasteiger partial charge in [-0.1, -0.05) is 13.8 Å². The minimum atomic E-state index is -2.93. The number of nitrogens with zero attached hydrogens (tertiary/aromatic N) is 2. The van der Waals surface area contributed by atoms with Crippen molar-refractivity contribution in [1.82, 2.24) is 15.1 Å². The molecule has 2 fully saturated rings. The van der Waals surface area contributed by atoms with Crippen molar-refractivity contribution in [3.63, 3.8) is 0 Å². The number of sulfone groups is 1. The van der Waals surface area contributed by atoms with Gasteiger partial charge in [0.2, 0.25) is 0 Å². The third-order valence-corrected chi connectivity index (χ3v) is 6.47. The summed E-state index contributed by atoms with van der Waals surface area (Å²) in [6.45, 7) is 7.16. The highest BCUT2D eigenvalue weighted by molar-refractivity contribution is 7.91. The lowest BCUT2D eigenvalue weighted by atomic mass is 9.98. The van der Waals surface area contributed by atoms with E-state index in [1.807, 2.05) is 17.8 Å². The zero-order valence-electron chi connectivity index (χ0n) is 13.1. The lowest BCUT2D eigenvalue weighted by molar-refractivity contribution is 0.313. The molecule has 1 N–H and O–H groups in total. The molecule has 3 rings (SSSR count). The van der Waals surface area contributed by atoms with E-state index in [0.29, 0.717) is 18.4 Å². The van der Waals surface area contributed by atoms with Gasteiger partial charge >= 0.3 is 0 Å². The lowest BCUT2D eigenvalue weighted by Gasteiger charge is -2.27. The van der Waals surface area contributed by atoms with E-state index in [1.165, 1.54) is 24.1 Å². The largest absolute Gasteiger partial charge is 0.310 e. The smallest absolute Gasteiger partial charge is 0.152 e. The first kappa shape index (κ1) is 15.0. The van der Waals surface area contributed by atoms with Gasteiger partial charge in [-0.05, 0) is 32.1 Å². The van der Waals surface area contributed by atoms with Crippen molar-refractivity contribution in [3.8, 4) is 0 Å². The van der Waals surface area contributed by atoms with Crippen LogP contribution in [0.2, 0.25) is 0 Å². The lowest BCUT2D eigenvalue weighted by Crippen LogP contribution is -2.34. The molecule has 0 bridgehead atoms. The quantitative estimate of drug-likeness (QED) is 0.900. The van der Waals surface area contributed by atoms with Crippen molar-refractivity contribution in [1.29, 1.82) is 0 Å². The first-order valence-electron chi connectivity index (χ1n) is 7.82. The Balaban J connectivity index is 1.90. The van der Waals surface area contributed by atoms with Gasteiger partial charge in [0.15, 0.2) is 9.84 Å². The number of hydrogen-bond donors (Lipinski definition) is 1. The second kappa shape index (κ2) is 5.09. The summed E-state index contributed by atoms with van der Waals surface area (Å²) in [6.07, 6.45) is 5.11. The summed E-state index contributed by atoms with van der Waals surface area (Å²) in [5.41, 5.74) is 2.00. The van der Waals surface area contributed by atoms with Gasteiger partial charge in [-0.2, -0.15) is 5.10 Å². The minimum absolute atomic E-state index is 0.205. The Morgan fingerprint density at radius 2 is 2.19 bits per heavy atom. The maximum absolute atomic E-state index is 11.9. The standard InChI is InChI=1S/C15H25N3O2S/c1-11(2)14-12(8-16-13-4-5-13)9-17-18(14)15(3)6-7-21(19,20)10-15/h9,11,13,16H,4-8,10H2,1-3H3. The van der Waals surface area contributed by atoms with E-state index in [4.69, 9.17) is 0 Å². The third kappa shape index (κ3) is 3.01. The van der Waals surface area contributed by atoms with Crippen LogP contribution in [0.25, 0.3) is 0 Å². The molecule has 0 aromatic carbocycles. The topological polar surface area (TPSA) is 64.0 Å². The van der Waals surface area contributed by atoms with Crippen molar-refractivity contribution < 1.29 is 8.42 Å². The zero-order chi connectivity index (χ0) is 15.3. The molecule has 2 heterocycles. The average Bonchev–Trinajstić information content (AvgIpc) is 3.02. The van der Waals surface area contributed by atoms with Gasteiger partial charge in [-0.15, -0.1) is 0 Å². The number of rotatable bonds is 5. The van der Waals surface area contributed by atoms with E-state index >= 15 is 0 Å². The fraction of sp³-hybridized carbons (Fsp3) is 0.800. The van der Waals surface area contributed by atoms with Crippen LogP contribution in [0.5, 0.6) is 0 Å². The number of hydrogen-bond acceptors (Lipinski definition) is 4. The normalized spacial score (nSPS) is 28.4. The molecule has 1 aromatic heterocycles. The molecule has 118 valence electrons. The van der Waals surface area contributed by atoms with Crippen LogP contribution in [0.1, 0.15) is 57.2 Å². The van der Waals surface area contributed by atoms with Crippen molar-refractivity contribution >= 4 is 9.84 Å². The first-order valence-corrected chi connectivity index (χ1v) is 9.64. The van der Waals surface area contributed by atoms with Crippen LogP contribution in [0.3, 0.4) is 0 Å². The molecule has 1 unspecified atom stereocenters. The molecule has 1 saturated carbocycles. The molecule has 5 nitrogen and oxygen atoms in total. The van der Waals surface area contributed by atoms with Crippen molar-refractivity contribution in [3.05, 3.63) is 17.5 Å². The Kier molecular flexibility index (Phi) is 3.64. The maximum atomic E-state index is 11.9. The van der Waals surface area contributed by atoms with Crippen LogP contribution in [-0.2, 0) is 21.9 Å². The van der Waals surface area contributed by atoms with Crippen LogP contribution < -0.4 is 5.32 Å². The summed E-state index contributed by atoms with van der Waals surface area (Å²) >= 11 is 0. The molecule has 1 saturated heterocycles. The van der Waals surface area contributed by atoms with Crippen LogP contribution in [0, 0.1) is 0 Å². The SMILES string of the molecule is CC(C)c1c(CNC2CC2)cnn1C1(C)CCS(=O)(=O)C1. The van der Waals surface area contributed by atoms with Crippen molar-refractivity contribution in [2.24, 2.45) is 0 Å². The van der Waals surface area contributed by atoms with Gasteiger partial charge in [-0.3, -0.25) is 4.68 Å². The second-order valence-corrected chi connectivity index (χ2v) is 9.30. The molecule has 1 aliphatic heterocycles. The third-order valence-electron chi connectivity index (χ3n) is 4.59. The Labute approximate surface area is 127 Å². The highest BCUT2D eigenvalue weighted by Crippen LogP contribution is 2.34.